The topological polar surface area (TPSA) is 61.9 Å². The van der Waals surface area contributed by atoms with Crippen molar-refractivity contribution in [2.45, 2.75) is 26.8 Å². The van der Waals surface area contributed by atoms with Crippen LogP contribution in [-0.4, -0.2) is 60.9 Å². The quantitative estimate of drug-likeness (QED) is 0.845. The number of ether oxygens (including phenoxy) is 1. The van der Waals surface area contributed by atoms with Crippen molar-refractivity contribution in [3.63, 3.8) is 0 Å². The predicted octanol–water partition coefficient (Wildman–Crippen LogP) is 3.10. The van der Waals surface area contributed by atoms with Crippen molar-refractivity contribution in [1.82, 2.24) is 9.80 Å². The molecule has 2 aromatic rings. The molecule has 1 heterocycles. The highest BCUT2D eigenvalue weighted by molar-refractivity contribution is 5.96. The Balaban J connectivity index is 1.57. The second kappa shape index (κ2) is 9.09. The van der Waals surface area contributed by atoms with Crippen molar-refractivity contribution < 1.29 is 14.3 Å². The molecular weight excluding hydrogens is 366 g/mol. The molecule has 3 rings (SSSR count). The largest absolute Gasteiger partial charge is 0.496 e. The number of hydrogen-bond donors (Lipinski definition) is 1. The number of nitrogens with zero attached hydrogens (tertiary/aromatic N) is 2. The average molecular weight is 396 g/mol. The number of methoxy groups -OCH3 is 1. The lowest BCUT2D eigenvalue weighted by Crippen LogP contribution is -2.54. The van der Waals surface area contributed by atoms with Gasteiger partial charge in [-0.2, -0.15) is 0 Å². The van der Waals surface area contributed by atoms with Gasteiger partial charge in [0.25, 0.3) is 5.91 Å². The number of aryl methyl sites for hydroxylation is 2. The summed E-state index contributed by atoms with van der Waals surface area (Å²) < 4.78 is 5.33. The van der Waals surface area contributed by atoms with E-state index in [9.17, 15) is 9.59 Å². The van der Waals surface area contributed by atoms with Crippen LogP contribution in [0.4, 0.5) is 5.69 Å². The van der Waals surface area contributed by atoms with Gasteiger partial charge < -0.3 is 15.0 Å². The molecule has 29 heavy (non-hydrogen) atoms. The minimum atomic E-state index is -0.258. The Morgan fingerprint density at radius 1 is 1.00 bits per heavy atom. The molecular formula is C23H29N3O3. The summed E-state index contributed by atoms with van der Waals surface area (Å²) in [6.45, 7) is 8.36. The Morgan fingerprint density at radius 3 is 2.34 bits per heavy atom. The lowest BCUT2D eigenvalue weighted by atomic mass is 10.1. The molecule has 1 fully saturated rings. The van der Waals surface area contributed by atoms with Crippen molar-refractivity contribution in [3.05, 3.63) is 59.2 Å². The molecule has 1 N–H and O–H groups in total. The molecule has 0 radical (unpaired) electrons. The van der Waals surface area contributed by atoms with Gasteiger partial charge >= 0.3 is 0 Å². The number of anilines is 1. The molecule has 1 saturated heterocycles. The lowest BCUT2D eigenvalue weighted by Gasteiger charge is -2.37. The Bertz CT molecular complexity index is 889. The van der Waals surface area contributed by atoms with E-state index in [-0.39, 0.29) is 17.9 Å². The zero-order valence-corrected chi connectivity index (χ0v) is 17.6. The van der Waals surface area contributed by atoms with Gasteiger partial charge in [0, 0.05) is 37.4 Å². The van der Waals surface area contributed by atoms with Gasteiger partial charge in [-0.25, -0.2) is 0 Å². The first-order valence-electron chi connectivity index (χ1n) is 9.95. The molecule has 1 atom stereocenters. The van der Waals surface area contributed by atoms with E-state index in [1.54, 1.807) is 13.2 Å². The molecule has 6 nitrogen and oxygen atoms in total. The fraction of sp³-hybridized carbons (Fsp3) is 0.391. The molecule has 0 aliphatic carbocycles. The fourth-order valence-electron chi connectivity index (χ4n) is 3.56. The standard InChI is InChI=1S/C23H29N3O3/c1-16-7-5-6-8-20(16)24-22(27)18(3)25-11-13-26(14-12-25)23(28)19-10-9-17(2)21(15-19)29-4/h5-10,15,18H,11-14H2,1-4H3,(H,24,27). The highest BCUT2D eigenvalue weighted by Gasteiger charge is 2.28. The molecule has 6 heteroatoms. The van der Waals surface area contributed by atoms with Crippen LogP contribution < -0.4 is 10.1 Å². The maximum Gasteiger partial charge on any atom is 0.254 e. The van der Waals surface area contributed by atoms with Gasteiger partial charge in [-0.05, 0) is 50.1 Å². The molecule has 1 aliphatic rings. The number of nitrogens with one attached hydrogen (secondary N) is 1. The second-order valence-electron chi connectivity index (χ2n) is 7.49. The third-order valence-electron chi connectivity index (χ3n) is 5.59. The zero-order valence-electron chi connectivity index (χ0n) is 17.6. The van der Waals surface area contributed by atoms with E-state index < -0.39 is 0 Å². The van der Waals surface area contributed by atoms with Crippen LogP contribution in [0.15, 0.2) is 42.5 Å². The van der Waals surface area contributed by atoms with Crippen LogP contribution in [0.5, 0.6) is 5.75 Å². The maximum atomic E-state index is 12.8. The minimum absolute atomic E-state index is 0.0000325. The zero-order chi connectivity index (χ0) is 21.0. The van der Waals surface area contributed by atoms with E-state index in [1.807, 2.05) is 62.1 Å². The number of amides is 2. The normalized spacial score (nSPS) is 15.7. The number of benzene rings is 2. The Kier molecular flexibility index (Phi) is 6.54. The van der Waals surface area contributed by atoms with Gasteiger partial charge in [0.2, 0.25) is 5.91 Å². The van der Waals surface area contributed by atoms with Crippen LogP contribution in [0.3, 0.4) is 0 Å². The smallest absolute Gasteiger partial charge is 0.254 e. The van der Waals surface area contributed by atoms with Crippen LogP contribution in [0, 0.1) is 13.8 Å². The third kappa shape index (κ3) is 4.77. The van der Waals surface area contributed by atoms with Crippen LogP contribution in [0.1, 0.15) is 28.4 Å². The van der Waals surface area contributed by atoms with Crippen LogP contribution in [-0.2, 0) is 4.79 Å². The Hall–Kier alpha value is -2.86. The Labute approximate surface area is 172 Å². The first-order valence-corrected chi connectivity index (χ1v) is 9.95. The van der Waals surface area contributed by atoms with Crippen molar-refractivity contribution in [2.75, 3.05) is 38.6 Å². The third-order valence-corrected chi connectivity index (χ3v) is 5.59. The van der Waals surface area contributed by atoms with Gasteiger partial charge in [0.15, 0.2) is 0 Å². The van der Waals surface area contributed by atoms with E-state index in [0.717, 1.165) is 22.6 Å². The van der Waals surface area contributed by atoms with Gasteiger partial charge in [-0.15, -0.1) is 0 Å². The number of carbonyl (C=O) groups excluding carboxylic acids is 2. The summed E-state index contributed by atoms with van der Waals surface area (Å²) in [4.78, 5) is 29.5. The van der Waals surface area contributed by atoms with Crippen molar-refractivity contribution in [3.8, 4) is 5.75 Å². The van der Waals surface area contributed by atoms with Gasteiger partial charge in [0.1, 0.15) is 5.75 Å². The summed E-state index contributed by atoms with van der Waals surface area (Å²) in [7, 11) is 1.61. The van der Waals surface area contributed by atoms with Crippen molar-refractivity contribution >= 4 is 17.5 Å². The summed E-state index contributed by atoms with van der Waals surface area (Å²) in [5.74, 6) is 0.693. The summed E-state index contributed by atoms with van der Waals surface area (Å²) >= 11 is 0. The Morgan fingerprint density at radius 2 is 1.69 bits per heavy atom. The second-order valence-corrected chi connectivity index (χ2v) is 7.49. The van der Waals surface area contributed by atoms with Crippen LogP contribution in [0.25, 0.3) is 0 Å². The first-order chi connectivity index (χ1) is 13.9. The number of piperazine rings is 1. The molecule has 0 aromatic heterocycles. The molecule has 0 saturated carbocycles. The van der Waals surface area contributed by atoms with Crippen LogP contribution in [0.2, 0.25) is 0 Å². The lowest BCUT2D eigenvalue weighted by molar-refractivity contribution is -0.121. The van der Waals surface area contributed by atoms with E-state index in [0.29, 0.717) is 31.7 Å². The monoisotopic (exact) mass is 395 g/mol. The summed E-state index contributed by atoms with van der Waals surface area (Å²) in [5.41, 5.74) is 3.51. The SMILES string of the molecule is COc1cc(C(=O)N2CCN(C(C)C(=O)Nc3ccccc3C)CC2)ccc1C. The molecule has 154 valence electrons. The number of carbonyl (C=O) groups is 2. The summed E-state index contributed by atoms with van der Waals surface area (Å²) in [6.07, 6.45) is 0. The number of rotatable bonds is 5. The maximum absolute atomic E-state index is 12.8. The molecule has 0 bridgehead atoms. The fourth-order valence-corrected chi connectivity index (χ4v) is 3.56. The summed E-state index contributed by atoms with van der Waals surface area (Å²) in [6, 6.07) is 13.0. The molecule has 1 aliphatic heterocycles. The number of para-hydroxylation sites is 1. The van der Waals surface area contributed by atoms with E-state index in [2.05, 4.69) is 10.2 Å². The van der Waals surface area contributed by atoms with E-state index in [4.69, 9.17) is 4.74 Å². The molecule has 1 unspecified atom stereocenters. The number of hydrogen-bond acceptors (Lipinski definition) is 4. The molecule has 0 spiro atoms. The van der Waals surface area contributed by atoms with E-state index >= 15 is 0 Å². The van der Waals surface area contributed by atoms with Gasteiger partial charge in [-0.1, -0.05) is 24.3 Å². The van der Waals surface area contributed by atoms with Crippen molar-refractivity contribution in [2.24, 2.45) is 0 Å². The van der Waals surface area contributed by atoms with Crippen LogP contribution >= 0.6 is 0 Å². The van der Waals surface area contributed by atoms with Crippen molar-refractivity contribution in [1.29, 1.82) is 0 Å². The predicted molar refractivity (Wildman–Crippen MR) is 114 cm³/mol. The van der Waals surface area contributed by atoms with Gasteiger partial charge in [0.05, 0.1) is 13.2 Å². The molecule has 2 aromatic carbocycles. The highest BCUT2D eigenvalue weighted by atomic mass is 16.5. The minimum Gasteiger partial charge on any atom is -0.496 e. The van der Waals surface area contributed by atoms with E-state index in [1.165, 1.54) is 0 Å². The summed E-state index contributed by atoms with van der Waals surface area (Å²) in [5, 5.41) is 3.01. The first kappa shape index (κ1) is 20.9. The molecule has 2 amide bonds. The average Bonchev–Trinajstić information content (AvgIpc) is 2.74. The van der Waals surface area contributed by atoms with Gasteiger partial charge in [-0.3, -0.25) is 14.5 Å². The highest BCUT2D eigenvalue weighted by Crippen LogP contribution is 2.21.